The summed E-state index contributed by atoms with van der Waals surface area (Å²) in [6.07, 6.45) is 2.70. The monoisotopic (exact) mass is 502 g/mol. The molecule has 202 valence electrons. The molecule has 8 heteroatoms. The Labute approximate surface area is 216 Å². The maximum Gasteiger partial charge on any atom is 0.326 e. The molecule has 2 heterocycles. The minimum Gasteiger partial charge on any atom is -0.508 e. The number of aromatic hydroxyl groups is 1. The van der Waals surface area contributed by atoms with E-state index >= 15 is 0 Å². The molecule has 1 aromatic carbocycles. The number of urea groups is 1. The third-order valence-electron chi connectivity index (χ3n) is 8.62. The Balaban J connectivity index is 2.13. The summed E-state index contributed by atoms with van der Waals surface area (Å²) < 4.78 is 0. The van der Waals surface area contributed by atoms with Gasteiger partial charge in [-0.25, -0.2) is 4.79 Å². The summed E-state index contributed by atoms with van der Waals surface area (Å²) in [5, 5.41) is 23.2. The molecule has 0 radical (unpaired) electrons. The number of hydrogen-bond donors (Lipinski definition) is 2. The van der Waals surface area contributed by atoms with E-state index in [4.69, 9.17) is 0 Å². The quantitative estimate of drug-likeness (QED) is 0.596. The first-order valence-corrected chi connectivity index (χ1v) is 13.5. The van der Waals surface area contributed by atoms with Crippen LogP contribution < -0.4 is 0 Å². The standard InChI is InChI=1S/C28H46N4O4/c1-7-30-16-9-13-28(36)22(4)31(17-10-15-29(5)6)18-14-27(28,20-25(34)32(8-2)26(30)35)24-19-23(33)12-11-21(24)3/h11-12,19,22,33,36H,7-10,13-18,20H2,1-6H3/t22-,27-,28-/m1/s1. The molecule has 0 bridgehead atoms. The number of amides is 3. The van der Waals surface area contributed by atoms with Crippen molar-refractivity contribution < 1.29 is 19.8 Å². The zero-order valence-corrected chi connectivity index (χ0v) is 23.1. The van der Waals surface area contributed by atoms with Crippen molar-refractivity contribution in [3.05, 3.63) is 29.3 Å². The van der Waals surface area contributed by atoms with Crippen molar-refractivity contribution in [1.29, 1.82) is 0 Å². The van der Waals surface area contributed by atoms with E-state index in [0.29, 0.717) is 32.4 Å². The van der Waals surface area contributed by atoms with E-state index < -0.39 is 11.0 Å². The molecule has 0 saturated carbocycles. The van der Waals surface area contributed by atoms with Crippen molar-refractivity contribution in [2.24, 2.45) is 0 Å². The van der Waals surface area contributed by atoms with Gasteiger partial charge in [0.25, 0.3) is 0 Å². The molecule has 2 fully saturated rings. The van der Waals surface area contributed by atoms with E-state index in [-0.39, 0.29) is 36.7 Å². The van der Waals surface area contributed by atoms with Crippen LogP contribution in [-0.4, -0.2) is 107 Å². The van der Waals surface area contributed by atoms with E-state index in [9.17, 15) is 19.8 Å². The first kappa shape index (κ1) is 28.4. The summed E-state index contributed by atoms with van der Waals surface area (Å²) in [5.74, 6) is -0.143. The van der Waals surface area contributed by atoms with Crippen LogP contribution in [0.15, 0.2) is 18.2 Å². The average molecular weight is 503 g/mol. The Morgan fingerprint density at radius 3 is 2.47 bits per heavy atom. The van der Waals surface area contributed by atoms with Gasteiger partial charge in [-0.1, -0.05) is 6.07 Å². The van der Waals surface area contributed by atoms with Crippen LogP contribution in [0.25, 0.3) is 0 Å². The number of likely N-dealkylation sites (tertiary alicyclic amines) is 1. The average Bonchev–Trinajstić information content (AvgIpc) is 2.83. The Hall–Kier alpha value is -2.16. The third kappa shape index (κ3) is 5.27. The molecule has 3 rings (SSSR count). The van der Waals surface area contributed by atoms with Crippen LogP contribution in [0.5, 0.6) is 5.75 Å². The summed E-state index contributed by atoms with van der Waals surface area (Å²) >= 11 is 0. The van der Waals surface area contributed by atoms with Crippen LogP contribution in [0.1, 0.15) is 64.0 Å². The van der Waals surface area contributed by atoms with E-state index in [2.05, 4.69) is 30.8 Å². The fraction of sp³-hybridized carbons (Fsp3) is 0.714. The van der Waals surface area contributed by atoms with Crippen molar-refractivity contribution in [2.75, 3.05) is 53.4 Å². The van der Waals surface area contributed by atoms with Crippen LogP contribution >= 0.6 is 0 Å². The molecule has 0 aromatic heterocycles. The van der Waals surface area contributed by atoms with Crippen LogP contribution in [0, 0.1) is 6.92 Å². The van der Waals surface area contributed by atoms with E-state index in [0.717, 1.165) is 37.2 Å². The van der Waals surface area contributed by atoms with Crippen molar-refractivity contribution >= 4 is 11.9 Å². The van der Waals surface area contributed by atoms with Crippen molar-refractivity contribution in [3.8, 4) is 5.75 Å². The predicted molar refractivity (Wildman–Crippen MR) is 142 cm³/mol. The number of aliphatic hydroxyl groups is 1. The van der Waals surface area contributed by atoms with Gasteiger partial charge in [0.05, 0.1) is 5.60 Å². The molecule has 0 aliphatic carbocycles. The zero-order valence-electron chi connectivity index (χ0n) is 23.1. The number of rotatable bonds is 7. The number of carbonyl (C=O) groups is 2. The van der Waals surface area contributed by atoms with Crippen LogP contribution in [0.4, 0.5) is 4.79 Å². The van der Waals surface area contributed by atoms with Gasteiger partial charge >= 0.3 is 6.03 Å². The van der Waals surface area contributed by atoms with Crippen LogP contribution in [0.2, 0.25) is 0 Å². The highest BCUT2D eigenvalue weighted by molar-refractivity contribution is 5.95. The molecule has 2 aliphatic rings. The second-order valence-corrected chi connectivity index (χ2v) is 10.9. The van der Waals surface area contributed by atoms with E-state index in [1.54, 1.807) is 17.0 Å². The lowest BCUT2D eigenvalue weighted by Crippen LogP contribution is -2.69. The molecule has 0 spiro atoms. The van der Waals surface area contributed by atoms with Gasteiger partial charge in [-0.05, 0) is 110 Å². The Kier molecular flexibility index (Phi) is 9.06. The second kappa shape index (κ2) is 11.5. The van der Waals surface area contributed by atoms with E-state index in [1.165, 1.54) is 4.90 Å². The molecular weight excluding hydrogens is 456 g/mol. The minimum atomic E-state index is -1.21. The number of aryl methyl sites for hydroxylation is 1. The van der Waals surface area contributed by atoms with Crippen molar-refractivity contribution in [1.82, 2.24) is 19.6 Å². The number of piperidine rings is 1. The van der Waals surface area contributed by atoms with Crippen molar-refractivity contribution in [3.63, 3.8) is 0 Å². The van der Waals surface area contributed by atoms with Gasteiger partial charge < -0.3 is 20.0 Å². The predicted octanol–water partition coefficient (Wildman–Crippen LogP) is 3.19. The fourth-order valence-electron chi connectivity index (χ4n) is 6.49. The number of carbonyl (C=O) groups excluding carboxylic acids is 2. The summed E-state index contributed by atoms with van der Waals surface area (Å²) in [7, 11) is 4.13. The molecule has 2 aliphatic heterocycles. The SMILES string of the molecule is CCN1CCC[C@@]2(O)[C@@H](C)N(CCCN(C)C)CC[C@]2(c2cc(O)ccc2C)CC(=O)N(CC)C1=O. The lowest BCUT2D eigenvalue weighted by molar-refractivity contribution is -0.157. The van der Waals surface area contributed by atoms with Crippen LogP contribution in [-0.2, 0) is 10.2 Å². The van der Waals surface area contributed by atoms with Gasteiger partial charge in [-0.15, -0.1) is 0 Å². The molecule has 1 aromatic rings. The number of phenolic OH excluding ortho intramolecular Hbond substituents is 1. The van der Waals surface area contributed by atoms with Gasteiger partial charge in [0.2, 0.25) is 5.91 Å². The highest BCUT2D eigenvalue weighted by Crippen LogP contribution is 2.52. The zero-order chi connectivity index (χ0) is 26.7. The fourth-order valence-corrected chi connectivity index (χ4v) is 6.49. The van der Waals surface area contributed by atoms with Crippen molar-refractivity contribution in [2.45, 2.75) is 76.9 Å². The third-order valence-corrected chi connectivity index (χ3v) is 8.62. The number of nitrogens with zero attached hydrogens (tertiary/aromatic N) is 4. The minimum absolute atomic E-state index is 0.0286. The van der Waals surface area contributed by atoms with E-state index in [1.807, 2.05) is 26.8 Å². The van der Waals surface area contributed by atoms with Gasteiger partial charge in [-0.3, -0.25) is 14.6 Å². The number of phenols is 1. The molecule has 36 heavy (non-hydrogen) atoms. The number of hydrogen-bond acceptors (Lipinski definition) is 6. The smallest absolute Gasteiger partial charge is 0.326 e. The first-order chi connectivity index (χ1) is 17.0. The first-order valence-electron chi connectivity index (χ1n) is 13.5. The summed E-state index contributed by atoms with van der Waals surface area (Å²) in [6, 6.07) is 4.79. The number of imide groups is 1. The molecule has 3 amide bonds. The van der Waals surface area contributed by atoms with Gasteiger partial charge in [0.1, 0.15) is 5.75 Å². The molecule has 3 atom stereocenters. The Morgan fingerprint density at radius 1 is 1.11 bits per heavy atom. The Morgan fingerprint density at radius 2 is 1.83 bits per heavy atom. The maximum atomic E-state index is 13.8. The molecule has 2 N–H and O–H groups in total. The number of benzene rings is 1. The number of fused-ring (bicyclic) bond motifs is 1. The molecule has 0 unspecified atom stereocenters. The second-order valence-electron chi connectivity index (χ2n) is 10.9. The summed E-state index contributed by atoms with van der Waals surface area (Å²) in [5.41, 5.74) is -0.369. The lowest BCUT2D eigenvalue weighted by Gasteiger charge is -2.59. The topological polar surface area (TPSA) is 87.6 Å². The summed E-state index contributed by atoms with van der Waals surface area (Å²) in [4.78, 5) is 34.6. The lowest BCUT2D eigenvalue weighted by atomic mass is 9.56. The molecule has 2 saturated heterocycles. The van der Waals surface area contributed by atoms with Crippen LogP contribution in [0.3, 0.4) is 0 Å². The van der Waals surface area contributed by atoms with Gasteiger partial charge in [-0.2, -0.15) is 0 Å². The normalized spacial score (nSPS) is 28.5. The summed E-state index contributed by atoms with van der Waals surface area (Å²) in [6.45, 7) is 11.7. The highest BCUT2D eigenvalue weighted by Gasteiger charge is 2.59. The van der Waals surface area contributed by atoms with Gasteiger partial charge in [0.15, 0.2) is 0 Å². The molecular formula is C28H46N4O4. The highest BCUT2D eigenvalue weighted by atomic mass is 16.3. The largest absolute Gasteiger partial charge is 0.508 e. The maximum absolute atomic E-state index is 13.8. The molecule has 8 nitrogen and oxygen atoms in total. The van der Waals surface area contributed by atoms with Gasteiger partial charge in [0, 0.05) is 37.5 Å². The Bertz CT molecular complexity index is 938.